The van der Waals surface area contributed by atoms with E-state index in [0.29, 0.717) is 36.5 Å². The molecular weight excluding hydrogens is 539 g/mol. The number of fused-ring (bicyclic) bond motifs is 6. The Kier molecular flexibility index (Phi) is 9.25. The van der Waals surface area contributed by atoms with Crippen molar-refractivity contribution in [3.8, 4) is 0 Å². The van der Waals surface area contributed by atoms with Gasteiger partial charge in [-0.15, -0.1) is 0 Å². The second-order valence-electron chi connectivity index (χ2n) is 14.0. The fourth-order valence-corrected chi connectivity index (χ4v) is 8.55. The number of amides is 2. The van der Waals surface area contributed by atoms with Crippen LogP contribution < -0.4 is 20.7 Å². The van der Waals surface area contributed by atoms with Crippen molar-refractivity contribution in [1.82, 2.24) is 35.4 Å². The molecule has 5 fully saturated rings. The summed E-state index contributed by atoms with van der Waals surface area (Å²) in [6.45, 7) is 10.5. The minimum atomic E-state index is -4.35. The molecular formula is C28H50F3N7OS. The van der Waals surface area contributed by atoms with Crippen LogP contribution in [0.15, 0.2) is 0 Å². The topological polar surface area (TPSA) is 74.9 Å². The third-order valence-electron chi connectivity index (χ3n) is 9.93. The Balaban J connectivity index is 1.29. The molecule has 230 valence electrons. The minimum Gasteiger partial charge on any atom is -0.322 e. The second-order valence-corrected chi connectivity index (χ2v) is 15.1. The van der Waals surface area contributed by atoms with Crippen LogP contribution in [0.3, 0.4) is 0 Å². The monoisotopic (exact) mass is 589 g/mol. The number of piperidine rings is 2. The van der Waals surface area contributed by atoms with Crippen LogP contribution in [0.5, 0.6) is 0 Å². The van der Waals surface area contributed by atoms with E-state index in [2.05, 4.69) is 39.4 Å². The highest BCUT2D eigenvalue weighted by Gasteiger charge is 2.51. The summed E-state index contributed by atoms with van der Waals surface area (Å²) in [5.41, 5.74) is -1.90. The van der Waals surface area contributed by atoms with Crippen molar-refractivity contribution in [3.63, 3.8) is 0 Å². The molecule has 0 aromatic rings. The summed E-state index contributed by atoms with van der Waals surface area (Å²) in [5, 5.41) is 11.8. The third kappa shape index (κ3) is 6.72. The highest BCUT2D eigenvalue weighted by molar-refractivity contribution is 7.98. The van der Waals surface area contributed by atoms with Gasteiger partial charge in [-0.1, -0.05) is 11.9 Å². The summed E-state index contributed by atoms with van der Waals surface area (Å²) in [5.74, 6) is 1.01. The molecule has 2 amide bonds. The van der Waals surface area contributed by atoms with E-state index in [0.717, 1.165) is 45.3 Å². The van der Waals surface area contributed by atoms with Gasteiger partial charge in [0, 0.05) is 44.2 Å². The maximum Gasteiger partial charge on any atom is 0.395 e. The fraction of sp³-hybridized carbons (Fsp3) is 0.964. The smallest absolute Gasteiger partial charge is 0.322 e. The van der Waals surface area contributed by atoms with Gasteiger partial charge in [0.05, 0.1) is 29.3 Å². The highest BCUT2D eigenvalue weighted by Crippen LogP contribution is 2.41. The maximum atomic E-state index is 13.6. The molecule has 12 heteroatoms. The van der Waals surface area contributed by atoms with Crippen LogP contribution in [-0.2, 0) is 0 Å². The van der Waals surface area contributed by atoms with Gasteiger partial charge >= 0.3 is 12.2 Å². The lowest BCUT2D eigenvalue weighted by Crippen LogP contribution is -2.65. The van der Waals surface area contributed by atoms with Crippen molar-refractivity contribution < 1.29 is 18.0 Å². The molecule has 0 aromatic heterocycles. The average molecular weight is 590 g/mol. The van der Waals surface area contributed by atoms with Gasteiger partial charge in [-0.3, -0.25) is 20.3 Å². The van der Waals surface area contributed by atoms with Gasteiger partial charge in [0.25, 0.3) is 0 Å². The van der Waals surface area contributed by atoms with Crippen molar-refractivity contribution in [1.29, 1.82) is 0 Å². The predicted molar refractivity (Wildman–Crippen MR) is 153 cm³/mol. The summed E-state index contributed by atoms with van der Waals surface area (Å²) in [4.78, 5) is 19.2. The zero-order chi connectivity index (χ0) is 28.7. The molecule has 0 aliphatic carbocycles. The van der Waals surface area contributed by atoms with E-state index in [9.17, 15) is 18.0 Å². The Morgan fingerprint density at radius 3 is 2.60 bits per heavy atom. The predicted octanol–water partition coefficient (Wildman–Crippen LogP) is 4.11. The van der Waals surface area contributed by atoms with Gasteiger partial charge in [-0.05, 0) is 91.5 Å². The molecule has 8 nitrogen and oxygen atoms in total. The standard InChI is InChI=1S/C28H50F3N7OS/c1-26(2,28(29,30)31)18-36-13-14-37(25(36)39)22-11-10-20-16-33-40-23-9-5-8-21(34-23)32-12-6-7-19-15-27(3,4)38(17-19)24(20)35-22/h19-24,32-35H,5-18H2,1-4H3/t19-,20?,21?,22?,23?,24?/m0/s1. The van der Waals surface area contributed by atoms with Crippen molar-refractivity contribution >= 4 is 18.0 Å². The van der Waals surface area contributed by atoms with Crippen LogP contribution in [0, 0.1) is 17.3 Å². The van der Waals surface area contributed by atoms with Crippen molar-refractivity contribution in [2.24, 2.45) is 17.3 Å². The number of carbonyl (C=O) groups is 1. The molecule has 6 unspecified atom stereocenters. The van der Waals surface area contributed by atoms with Crippen molar-refractivity contribution in [2.45, 2.75) is 115 Å². The van der Waals surface area contributed by atoms with Crippen LogP contribution in [-0.4, -0.2) is 95.6 Å². The lowest BCUT2D eigenvalue weighted by molar-refractivity contribution is -0.214. The van der Waals surface area contributed by atoms with Crippen LogP contribution >= 0.6 is 11.9 Å². The SMILES string of the molecule is CC1(C)C[C@@H]2CCCNC3CCCC(N3)SNCC3CCC(N4CCN(CC(C)(C)C(F)(F)F)C4=O)NC3N1C2. The minimum absolute atomic E-state index is 0.0377. The zero-order valence-electron chi connectivity index (χ0n) is 24.7. The van der Waals surface area contributed by atoms with Gasteiger partial charge in [0.15, 0.2) is 0 Å². The summed E-state index contributed by atoms with van der Waals surface area (Å²) in [7, 11) is 0. The molecule has 5 heterocycles. The number of halogens is 3. The van der Waals surface area contributed by atoms with Crippen LogP contribution in [0.2, 0.25) is 0 Å². The summed E-state index contributed by atoms with van der Waals surface area (Å²) >= 11 is 1.81. The quantitative estimate of drug-likeness (QED) is 0.370. The van der Waals surface area contributed by atoms with E-state index in [-0.39, 0.29) is 30.4 Å². The average Bonchev–Trinajstić information content (AvgIpc) is 3.38. The first-order valence-corrected chi connectivity index (χ1v) is 16.2. The Bertz CT molecular complexity index is 890. The summed E-state index contributed by atoms with van der Waals surface area (Å²) in [6, 6.07) is -0.275. The third-order valence-corrected chi connectivity index (χ3v) is 10.9. The molecule has 0 radical (unpaired) electrons. The molecule has 5 aliphatic heterocycles. The second kappa shape index (κ2) is 12.1. The molecule has 0 aromatic carbocycles. The molecule has 5 rings (SSSR count). The van der Waals surface area contributed by atoms with Gasteiger partial charge in [-0.25, -0.2) is 4.79 Å². The van der Waals surface area contributed by atoms with Crippen molar-refractivity contribution in [2.75, 3.05) is 39.3 Å². The Hall–Kier alpha value is -0.790. The number of nitrogens with one attached hydrogen (secondary N) is 4. The molecule has 40 heavy (non-hydrogen) atoms. The Morgan fingerprint density at radius 2 is 1.82 bits per heavy atom. The van der Waals surface area contributed by atoms with E-state index < -0.39 is 11.6 Å². The van der Waals surface area contributed by atoms with E-state index in [1.54, 1.807) is 16.8 Å². The summed E-state index contributed by atoms with van der Waals surface area (Å²) in [6.07, 6.45) is 4.83. The number of urea groups is 1. The number of rotatable bonds is 3. The first-order chi connectivity index (χ1) is 18.8. The van der Waals surface area contributed by atoms with E-state index in [4.69, 9.17) is 0 Å². The lowest BCUT2D eigenvalue weighted by Gasteiger charge is -2.48. The van der Waals surface area contributed by atoms with Gasteiger partial charge in [-0.2, -0.15) is 13.2 Å². The molecule has 5 aliphatic rings. The Labute approximate surface area is 242 Å². The van der Waals surface area contributed by atoms with E-state index in [1.165, 1.54) is 44.4 Å². The van der Waals surface area contributed by atoms with Gasteiger partial charge in [0.1, 0.15) is 0 Å². The fourth-order valence-electron chi connectivity index (χ4n) is 7.53. The van der Waals surface area contributed by atoms with Gasteiger partial charge < -0.3 is 15.1 Å². The highest BCUT2D eigenvalue weighted by atomic mass is 32.2. The molecule has 5 saturated heterocycles. The van der Waals surface area contributed by atoms with Crippen LogP contribution in [0.1, 0.15) is 79.1 Å². The number of hydrogen-bond acceptors (Lipinski definition) is 7. The molecule has 4 bridgehead atoms. The molecule has 0 spiro atoms. The number of nitrogens with zero attached hydrogens (tertiary/aromatic N) is 3. The van der Waals surface area contributed by atoms with Crippen LogP contribution in [0.4, 0.5) is 18.0 Å². The molecule has 7 atom stereocenters. The first kappa shape index (κ1) is 30.7. The lowest BCUT2D eigenvalue weighted by atomic mass is 9.90. The number of alkyl halides is 3. The molecule has 0 saturated carbocycles. The van der Waals surface area contributed by atoms with E-state index in [1.807, 2.05) is 0 Å². The van der Waals surface area contributed by atoms with E-state index >= 15 is 0 Å². The first-order valence-electron chi connectivity index (χ1n) is 15.4. The van der Waals surface area contributed by atoms with Gasteiger partial charge in [0.2, 0.25) is 0 Å². The number of carbonyl (C=O) groups excluding carboxylic acids is 1. The zero-order valence-corrected chi connectivity index (χ0v) is 25.5. The molecule has 4 N–H and O–H groups in total. The van der Waals surface area contributed by atoms with Crippen molar-refractivity contribution in [3.05, 3.63) is 0 Å². The summed E-state index contributed by atoms with van der Waals surface area (Å²) < 4.78 is 44.4. The Morgan fingerprint density at radius 1 is 1.02 bits per heavy atom. The number of hydrogen-bond donors (Lipinski definition) is 4. The normalized spacial score (nSPS) is 38.1. The largest absolute Gasteiger partial charge is 0.395 e. The maximum absolute atomic E-state index is 13.6. The van der Waals surface area contributed by atoms with Crippen LogP contribution in [0.25, 0.3) is 0 Å².